The minimum Gasteiger partial charge on any atom is -0.335 e. The number of nitrogens with zero attached hydrogens (tertiary/aromatic N) is 1. The van der Waals surface area contributed by atoms with Crippen molar-refractivity contribution in [3.05, 3.63) is 34.9 Å². The lowest BCUT2D eigenvalue weighted by molar-refractivity contribution is -0.139. The predicted octanol–water partition coefficient (Wildman–Crippen LogP) is 3.48. The lowest BCUT2D eigenvalue weighted by Gasteiger charge is -2.38. The highest BCUT2D eigenvalue weighted by atomic mass is 16.2. The molecule has 3 rings (SSSR count). The lowest BCUT2D eigenvalue weighted by Crippen LogP contribution is -2.42. The van der Waals surface area contributed by atoms with Gasteiger partial charge in [0.15, 0.2) is 0 Å². The summed E-state index contributed by atoms with van der Waals surface area (Å²) in [7, 11) is 0. The van der Waals surface area contributed by atoms with Crippen molar-refractivity contribution in [2.24, 2.45) is 11.7 Å². The molecule has 2 N–H and O–H groups in total. The summed E-state index contributed by atoms with van der Waals surface area (Å²) in [6.45, 7) is 5.25. The maximum absolute atomic E-state index is 13.0. The Labute approximate surface area is 133 Å². The molecule has 2 fully saturated rings. The number of piperidine rings is 1. The molecule has 1 heterocycles. The van der Waals surface area contributed by atoms with Crippen molar-refractivity contribution in [1.29, 1.82) is 0 Å². The molecule has 0 radical (unpaired) electrons. The zero-order chi connectivity index (χ0) is 15.7. The summed E-state index contributed by atoms with van der Waals surface area (Å²) in [6.07, 6.45) is 6.27. The molecule has 0 spiro atoms. The van der Waals surface area contributed by atoms with E-state index in [-0.39, 0.29) is 18.0 Å². The molecule has 0 bridgehead atoms. The van der Waals surface area contributed by atoms with Crippen LogP contribution in [0.15, 0.2) is 18.2 Å². The number of carbonyl (C=O) groups excluding carboxylic acids is 1. The third kappa shape index (κ3) is 2.91. The second-order valence-electron chi connectivity index (χ2n) is 7.10. The fourth-order valence-corrected chi connectivity index (χ4v) is 4.13. The molecular weight excluding hydrogens is 272 g/mol. The Balaban J connectivity index is 1.85. The fraction of sp³-hybridized carbons (Fsp3) is 0.632. The molecule has 1 aromatic carbocycles. The Bertz CT molecular complexity index is 554. The van der Waals surface area contributed by atoms with Gasteiger partial charge >= 0.3 is 0 Å². The summed E-state index contributed by atoms with van der Waals surface area (Å²) in [5.74, 6) is 0.499. The number of aryl methyl sites for hydroxylation is 1. The van der Waals surface area contributed by atoms with Crippen LogP contribution in [0, 0.1) is 19.8 Å². The zero-order valence-corrected chi connectivity index (χ0v) is 13.8. The van der Waals surface area contributed by atoms with E-state index in [4.69, 9.17) is 5.73 Å². The van der Waals surface area contributed by atoms with Gasteiger partial charge in [-0.3, -0.25) is 4.79 Å². The molecule has 3 atom stereocenters. The molecule has 1 amide bonds. The summed E-state index contributed by atoms with van der Waals surface area (Å²) < 4.78 is 0. The van der Waals surface area contributed by atoms with Crippen LogP contribution in [0.5, 0.6) is 0 Å². The van der Waals surface area contributed by atoms with Crippen molar-refractivity contribution < 1.29 is 4.79 Å². The average Bonchev–Trinajstić information content (AvgIpc) is 2.96. The second kappa shape index (κ2) is 6.41. The topological polar surface area (TPSA) is 46.3 Å². The standard InChI is InChI=1S/C19H28N2O/c1-13-6-5-7-17(14(13)2)18-8-3-4-11-21(18)19(22)15-9-10-16(20)12-15/h5-7,15-16,18H,3-4,8-12,20H2,1-2H3/t15-,16-,18-/m0/s1. The number of likely N-dealkylation sites (tertiary alicyclic amines) is 1. The number of hydrogen-bond donors (Lipinski definition) is 1. The summed E-state index contributed by atoms with van der Waals surface area (Å²) in [5, 5.41) is 0. The SMILES string of the molecule is Cc1cccc([C@@H]2CCCCN2C(=O)[C@H]2CC[C@H](N)C2)c1C. The summed E-state index contributed by atoms with van der Waals surface area (Å²) in [4.78, 5) is 15.2. The molecule has 2 aliphatic rings. The van der Waals surface area contributed by atoms with Gasteiger partial charge in [0.05, 0.1) is 6.04 Å². The summed E-state index contributed by atoms with van der Waals surface area (Å²) in [5.41, 5.74) is 10.0. The molecule has 120 valence electrons. The molecule has 22 heavy (non-hydrogen) atoms. The zero-order valence-electron chi connectivity index (χ0n) is 13.8. The predicted molar refractivity (Wildman–Crippen MR) is 89.5 cm³/mol. The molecular formula is C19H28N2O. The van der Waals surface area contributed by atoms with Crippen molar-refractivity contribution in [3.63, 3.8) is 0 Å². The molecule has 1 aromatic rings. The van der Waals surface area contributed by atoms with Crippen LogP contribution >= 0.6 is 0 Å². The summed E-state index contributed by atoms with van der Waals surface area (Å²) >= 11 is 0. The van der Waals surface area contributed by atoms with Crippen LogP contribution in [-0.4, -0.2) is 23.4 Å². The lowest BCUT2D eigenvalue weighted by atomic mass is 9.89. The third-order valence-electron chi connectivity index (χ3n) is 5.61. The van der Waals surface area contributed by atoms with E-state index in [1.807, 2.05) is 0 Å². The van der Waals surface area contributed by atoms with Crippen molar-refractivity contribution in [2.75, 3.05) is 6.54 Å². The Hall–Kier alpha value is -1.35. The van der Waals surface area contributed by atoms with E-state index in [0.29, 0.717) is 5.91 Å². The van der Waals surface area contributed by atoms with Gasteiger partial charge in [-0.15, -0.1) is 0 Å². The van der Waals surface area contributed by atoms with E-state index < -0.39 is 0 Å². The molecule has 1 aliphatic carbocycles. The van der Waals surface area contributed by atoms with E-state index in [1.54, 1.807) is 0 Å². The Kier molecular flexibility index (Phi) is 4.53. The highest BCUT2D eigenvalue weighted by Crippen LogP contribution is 2.36. The largest absolute Gasteiger partial charge is 0.335 e. The smallest absolute Gasteiger partial charge is 0.226 e. The number of amides is 1. The number of rotatable bonds is 2. The molecule has 1 aliphatic heterocycles. The van der Waals surface area contributed by atoms with Crippen LogP contribution in [-0.2, 0) is 4.79 Å². The van der Waals surface area contributed by atoms with E-state index >= 15 is 0 Å². The van der Waals surface area contributed by atoms with Gasteiger partial charge in [0, 0.05) is 18.5 Å². The van der Waals surface area contributed by atoms with Gasteiger partial charge in [0.1, 0.15) is 0 Å². The van der Waals surface area contributed by atoms with Gasteiger partial charge in [-0.05, 0) is 69.1 Å². The Morgan fingerprint density at radius 1 is 1.18 bits per heavy atom. The van der Waals surface area contributed by atoms with Crippen molar-refractivity contribution >= 4 is 5.91 Å². The maximum atomic E-state index is 13.0. The van der Waals surface area contributed by atoms with Crippen LogP contribution in [0.1, 0.15) is 61.3 Å². The Morgan fingerprint density at radius 3 is 2.73 bits per heavy atom. The first-order valence-corrected chi connectivity index (χ1v) is 8.70. The molecule has 1 saturated carbocycles. The number of carbonyl (C=O) groups is 1. The molecule has 0 unspecified atom stereocenters. The Morgan fingerprint density at radius 2 is 2.00 bits per heavy atom. The van der Waals surface area contributed by atoms with E-state index in [1.165, 1.54) is 23.1 Å². The normalized spacial score (nSPS) is 28.9. The van der Waals surface area contributed by atoms with Gasteiger partial charge in [-0.25, -0.2) is 0 Å². The minimum atomic E-state index is 0.153. The van der Waals surface area contributed by atoms with Gasteiger partial charge < -0.3 is 10.6 Å². The van der Waals surface area contributed by atoms with Crippen LogP contribution in [0.4, 0.5) is 0 Å². The number of nitrogens with two attached hydrogens (primary N) is 1. The van der Waals surface area contributed by atoms with Crippen LogP contribution in [0.2, 0.25) is 0 Å². The van der Waals surface area contributed by atoms with Gasteiger partial charge in [-0.2, -0.15) is 0 Å². The van der Waals surface area contributed by atoms with E-state index in [0.717, 1.165) is 38.6 Å². The van der Waals surface area contributed by atoms with Crippen molar-refractivity contribution in [3.8, 4) is 0 Å². The first-order chi connectivity index (χ1) is 10.6. The van der Waals surface area contributed by atoms with Crippen LogP contribution in [0.25, 0.3) is 0 Å². The van der Waals surface area contributed by atoms with Gasteiger partial charge in [-0.1, -0.05) is 18.2 Å². The molecule has 3 nitrogen and oxygen atoms in total. The second-order valence-corrected chi connectivity index (χ2v) is 7.10. The highest BCUT2D eigenvalue weighted by Gasteiger charge is 2.36. The molecule has 1 saturated heterocycles. The molecule has 0 aromatic heterocycles. The number of hydrogen-bond acceptors (Lipinski definition) is 2. The number of benzene rings is 1. The molecule has 3 heteroatoms. The van der Waals surface area contributed by atoms with Crippen LogP contribution in [0.3, 0.4) is 0 Å². The highest BCUT2D eigenvalue weighted by molar-refractivity contribution is 5.80. The van der Waals surface area contributed by atoms with E-state index in [2.05, 4.69) is 36.9 Å². The van der Waals surface area contributed by atoms with Gasteiger partial charge in [0.2, 0.25) is 5.91 Å². The van der Waals surface area contributed by atoms with Crippen LogP contribution < -0.4 is 5.73 Å². The van der Waals surface area contributed by atoms with Crippen molar-refractivity contribution in [2.45, 2.75) is 64.5 Å². The third-order valence-corrected chi connectivity index (χ3v) is 5.61. The first-order valence-electron chi connectivity index (χ1n) is 8.70. The van der Waals surface area contributed by atoms with E-state index in [9.17, 15) is 4.79 Å². The fourth-order valence-electron chi connectivity index (χ4n) is 4.13. The quantitative estimate of drug-likeness (QED) is 0.909. The summed E-state index contributed by atoms with van der Waals surface area (Å²) in [6, 6.07) is 6.97. The average molecular weight is 300 g/mol. The minimum absolute atomic E-state index is 0.153. The van der Waals surface area contributed by atoms with Crippen molar-refractivity contribution in [1.82, 2.24) is 4.90 Å². The van der Waals surface area contributed by atoms with Gasteiger partial charge in [0.25, 0.3) is 0 Å². The monoisotopic (exact) mass is 300 g/mol. The maximum Gasteiger partial charge on any atom is 0.226 e. The first kappa shape index (κ1) is 15.5.